The van der Waals surface area contributed by atoms with Crippen molar-refractivity contribution in [1.29, 1.82) is 0 Å². The molecule has 2 aromatic rings. The minimum atomic E-state index is -0.368. The molecule has 1 aromatic heterocycles. The Hall–Kier alpha value is -1.84. The molecule has 27 heavy (non-hydrogen) atoms. The minimum absolute atomic E-state index is 0. The van der Waals surface area contributed by atoms with Crippen LogP contribution in [0.25, 0.3) is 0 Å². The third kappa shape index (κ3) is 7.36. The van der Waals surface area contributed by atoms with Gasteiger partial charge in [0.2, 0.25) is 0 Å². The molecule has 1 heterocycles. The van der Waals surface area contributed by atoms with Crippen molar-refractivity contribution >= 4 is 29.9 Å². The molecular formula is C19H28FIN4O2. The molecule has 1 unspecified atom stereocenters. The molecule has 6 nitrogen and oxygen atoms in total. The Balaban J connectivity index is 0.00000364. The Morgan fingerprint density at radius 2 is 2.04 bits per heavy atom. The van der Waals surface area contributed by atoms with Crippen LogP contribution < -0.4 is 15.4 Å². The average molecular weight is 490 g/mol. The summed E-state index contributed by atoms with van der Waals surface area (Å²) in [5.74, 6) is 1.42. The van der Waals surface area contributed by atoms with Gasteiger partial charge in [-0.1, -0.05) is 17.3 Å². The minimum Gasteiger partial charge on any atom is -0.486 e. The van der Waals surface area contributed by atoms with Gasteiger partial charge in [-0.25, -0.2) is 9.38 Å². The van der Waals surface area contributed by atoms with Crippen LogP contribution in [0.15, 0.2) is 33.8 Å². The second-order valence-electron chi connectivity index (χ2n) is 6.06. The first-order valence-electron chi connectivity index (χ1n) is 8.86. The molecule has 0 aliphatic rings. The molecule has 2 N–H and O–H groups in total. The van der Waals surface area contributed by atoms with Gasteiger partial charge < -0.3 is 19.9 Å². The summed E-state index contributed by atoms with van der Waals surface area (Å²) in [4.78, 5) is 4.51. The maximum atomic E-state index is 13.6. The van der Waals surface area contributed by atoms with Crippen LogP contribution in [0.4, 0.5) is 4.39 Å². The van der Waals surface area contributed by atoms with Gasteiger partial charge in [-0.3, -0.25) is 0 Å². The van der Waals surface area contributed by atoms with Gasteiger partial charge in [0.15, 0.2) is 17.5 Å². The number of halogens is 2. The quantitative estimate of drug-likeness (QED) is 0.336. The molecule has 1 aromatic carbocycles. The second-order valence-corrected chi connectivity index (χ2v) is 6.06. The van der Waals surface area contributed by atoms with Gasteiger partial charge in [-0.05, 0) is 46.2 Å². The summed E-state index contributed by atoms with van der Waals surface area (Å²) in [6.45, 7) is 9.59. The molecule has 1 atom stereocenters. The summed E-state index contributed by atoms with van der Waals surface area (Å²) in [5.41, 5.74) is 2.03. The van der Waals surface area contributed by atoms with Crippen LogP contribution in [0.5, 0.6) is 5.75 Å². The average Bonchev–Trinajstić information content (AvgIpc) is 2.93. The second kappa shape index (κ2) is 11.8. The van der Waals surface area contributed by atoms with Crippen molar-refractivity contribution in [3.8, 4) is 5.75 Å². The van der Waals surface area contributed by atoms with Crippen LogP contribution in [0.1, 0.15) is 30.9 Å². The van der Waals surface area contributed by atoms with Crippen molar-refractivity contribution in [2.24, 2.45) is 4.99 Å². The predicted octanol–water partition coefficient (Wildman–Crippen LogP) is 3.61. The highest BCUT2D eigenvalue weighted by Gasteiger charge is 2.10. The summed E-state index contributed by atoms with van der Waals surface area (Å²) in [6, 6.07) is 6.38. The lowest BCUT2D eigenvalue weighted by Gasteiger charge is -2.15. The molecule has 0 spiro atoms. The molecule has 0 saturated carbocycles. The molecule has 0 fully saturated rings. The number of nitrogens with zero attached hydrogens (tertiary/aromatic N) is 2. The van der Waals surface area contributed by atoms with Gasteiger partial charge in [0.25, 0.3) is 0 Å². The number of guanidine groups is 1. The number of para-hydroxylation sites is 1. The molecule has 8 heteroatoms. The molecule has 0 saturated heterocycles. The SMILES string of the molecule is CCNC(=NCC(C)Oc1ccccc1F)NCCc1c(C)noc1C.I. The number of hydrogen-bond acceptors (Lipinski definition) is 4. The van der Waals surface area contributed by atoms with Crippen LogP contribution in [0.3, 0.4) is 0 Å². The number of aliphatic imine (C=N–C) groups is 1. The van der Waals surface area contributed by atoms with E-state index >= 15 is 0 Å². The van der Waals surface area contributed by atoms with Crippen LogP contribution in [0.2, 0.25) is 0 Å². The topological polar surface area (TPSA) is 71.7 Å². The van der Waals surface area contributed by atoms with E-state index in [0.29, 0.717) is 19.0 Å². The first kappa shape index (κ1) is 23.2. The lowest BCUT2D eigenvalue weighted by Crippen LogP contribution is -2.39. The number of ether oxygens (including phenoxy) is 1. The van der Waals surface area contributed by atoms with Crippen molar-refractivity contribution in [1.82, 2.24) is 15.8 Å². The van der Waals surface area contributed by atoms with E-state index in [1.807, 2.05) is 27.7 Å². The Bertz CT molecular complexity index is 717. The highest BCUT2D eigenvalue weighted by molar-refractivity contribution is 14.0. The molecule has 0 amide bonds. The van der Waals surface area contributed by atoms with Crippen molar-refractivity contribution in [2.45, 2.75) is 40.2 Å². The van der Waals surface area contributed by atoms with Crippen LogP contribution in [-0.4, -0.2) is 36.9 Å². The summed E-state index contributed by atoms with van der Waals surface area (Å²) < 4.78 is 24.4. The molecule has 2 rings (SSSR count). The zero-order valence-corrected chi connectivity index (χ0v) is 18.5. The fourth-order valence-electron chi connectivity index (χ4n) is 2.52. The number of hydrogen-bond donors (Lipinski definition) is 2. The Labute approximate surface area is 177 Å². The van der Waals surface area contributed by atoms with Gasteiger partial charge in [0, 0.05) is 18.7 Å². The van der Waals surface area contributed by atoms with E-state index in [-0.39, 0.29) is 41.6 Å². The van der Waals surface area contributed by atoms with Gasteiger partial charge in [0.1, 0.15) is 11.9 Å². The number of nitrogens with one attached hydrogen (secondary N) is 2. The van der Waals surface area contributed by atoms with Crippen molar-refractivity contribution in [3.63, 3.8) is 0 Å². The van der Waals surface area contributed by atoms with Gasteiger partial charge >= 0.3 is 0 Å². The number of rotatable bonds is 8. The first-order valence-corrected chi connectivity index (χ1v) is 8.86. The fraction of sp³-hybridized carbons (Fsp3) is 0.474. The van der Waals surface area contributed by atoms with E-state index in [4.69, 9.17) is 9.26 Å². The maximum Gasteiger partial charge on any atom is 0.191 e. The van der Waals surface area contributed by atoms with E-state index in [0.717, 1.165) is 30.0 Å². The van der Waals surface area contributed by atoms with Gasteiger partial charge in [0.05, 0.1) is 12.2 Å². The zero-order valence-electron chi connectivity index (χ0n) is 16.2. The van der Waals surface area contributed by atoms with E-state index in [9.17, 15) is 4.39 Å². The smallest absolute Gasteiger partial charge is 0.191 e. The molecule has 0 aliphatic carbocycles. The highest BCUT2D eigenvalue weighted by Crippen LogP contribution is 2.17. The van der Waals surface area contributed by atoms with Crippen molar-refractivity contribution in [2.75, 3.05) is 19.6 Å². The zero-order chi connectivity index (χ0) is 18.9. The fourth-order valence-corrected chi connectivity index (χ4v) is 2.52. The van der Waals surface area contributed by atoms with Gasteiger partial charge in [-0.2, -0.15) is 0 Å². The molecule has 0 aliphatic heterocycles. The first-order chi connectivity index (χ1) is 12.5. The lowest BCUT2D eigenvalue weighted by molar-refractivity contribution is 0.220. The third-order valence-corrected chi connectivity index (χ3v) is 3.86. The predicted molar refractivity (Wildman–Crippen MR) is 116 cm³/mol. The van der Waals surface area contributed by atoms with Crippen molar-refractivity contribution in [3.05, 3.63) is 47.1 Å². The standard InChI is InChI=1S/C19H27FN4O2.HI/c1-5-21-19(22-11-10-16-14(3)24-26-15(16)4)23-12-13(2)25-18-9-7-6-8-17(18)20;/h6-9,13H,5,10-12H2,1-4H3,(H2,21,22,23);1H. The summed E-state index contributed by atoms with van der Waals surface area (Å²) >= 11 is 0. The third-order valence-electron chi connectivity index (χ3n) is 3.86. The Kier molecular flexibility index (Phi) is 10.1. The van der Waals surface area contributed by atoms with E-state index in [2.05, 4.69) is 20.8 Å². The number of benzene rings is 1. The van der Waals surface area contributed by atoms with Crippen molar-refractivity contribution < 1.29 is 13.7 Å². The summed E-state index contributed by atoms with van der Waals surface area (Å²) in [5, 5.41) is 10.4. The Morgan fingerprint density at radius 1 is 1.30 bits per heavy atom. The summed E-state index contributed by atoms with van der Waals surface area (Å²) in [7, 11) is 0. The maximum absolute atomic E-state index is 13.6. The van der Waals surface area contributed by atoms with Gasteiger partial charge in [-0.15, -0.1) is 24.0 Å². The van der Waals surface area contributed by atoms with Crippen LogP contribution >= 0.6 is 24.0 Å². The monoisotopic (exact) mass is 490 g/mol. The van der Waals surface area contributed by atoms with E-state index < -0.39 is 0 Å². The highest BCUT2D eigenvalue weighted by atomic mass is 127. The lowest BCUT2D eigenvalue weighted by atomic mass is 10.1. The molecular weight excluding hydrogens is 462 g/mol. The van der Waals surface area contributed by atoms with Crippen LogP contribution in [-0.2, 0) is 6.42 Å². The normalized spacial score (nSPS) is 12.3. The molecule has 0 bridgehead atoms. The van der Waals surface area contributed by atoms with E-state index in [1.54, 1.807) is 18.2 Å². The molecule has 150 valence electrons. The van der Waals surface area contributed by atoms with E-state index in [1.165, 1.54) is 6.07 Å². The van der Waals surface area contributed by atoms with Crippen LogP contribution in [0, 0.1) is 19.7 Å². The largest absolute Gasteiger partial charge is 0.486 e. The summed E-state index contributed by atoms with van der Waals surface area (Å²) in [6.07, 6.45) is 0.553. The number of aromatic nitrogens is 1. The molecule has 0 radical (unpaired) electrons. The number of aryl methyl sites for hydroxylation is 2. The Morgan fingerprint density at radius 3 is 2.67 bits per heavy atom.